The molecule has 1 fully saturated rings. The Labute approximate surface area is 115 Å². The molecular weight excluding hydrogens is 232 g/mol. The van der Waals surface area contributed by atoms with E-state index in [2.05, 4.69) is 48.1 Å². The smallest absolute Gasteiger partial charge is 0.0517 e. The zero-order valence-electron chi connectivity index (χ0n) is 12.1. The molecule has 3 rings (SSSR count). The van der Waals surface area contributed by atoms with Crippen LogP contribution in [0.3, 0.4) is 0 Å². The van der Waals surface area contributed by atoms with Crippen LogP contribution in [0, 0.1) is 0 Å². The Morgan fingerprint density at radius 1 is 1.21 bits per heavy atom. The zero-order valence-corrected chi connectivity index (χ0v) is 12.1. The predicted octanol–water partition coefficient (Wildman–Crippen LogP) is 4.75. The molecule has 1 N–H and O–H groups in total. The van der Waals surface area contributed by atoms with Gasteiger partial charge in [0.05, 0.1) is 5.52 Å². The number of aromatic nitrogens is 1. The van der Waals surface area contributed by atoms with E-state index in [1.807, 2.05) is 0 Å². The lowest BCUT2D eigenvalue weighted by Crippen LogP contribution is -2.02. The maximum atomic E-state index is 3.54. The number of hydrogen-bond acceptors (Lipinski definition) is 1. The van der Waals surface area contributed by atoms with Gasteiger partial charge in [0.25, 0.3) is 0 Å². The zero-order chi connectivity index (χ0) is 13.2. The molecule has 1 saturated carbocycles. The molecule has 0 bridgehead atoms. The first-order valence-corrected chi connectivity index (χ1v) is 7.70. The highest BCUT2D eigenvalue weighted by atomic mass is 15.0. The summed E-state index contributed by atoms with van der Waals surface area (Å²) in [5, 5.41) is 4.94. The van der Waals surface area contributed by atoms with E-state index in [0.717, 1.165) is 19.0 Å². The highest BCUT2D eigenvalue weighted by molar-refractivity contribution is 5.88. The van der Waals surface area contributed by atoms with Crippen molar-refractivity contribution >= 4 is 16.6 Å². The summed E-state index contributed by atoms with van der Waals surface area (Å²) in [5.41, 5.74) is 4.34. The normalized spacial score (nSPS) is 15.1. The standard InChI is InChI=1S/C17H24N2/c1-3-8-18-15-11-14-7-10-19(9-4-2)17(14)16(12-15)13-5-6-13/h7,10-13,18H,3-6,8-9H2,1-2H3. The van der Waals surface area contributed by atoms with E-state index in [9.17, 15) is 0 Å². The first kappa shape index (κ1) is 12.6. The molecule has 0 aliphatic heterocycles. The average Bonchev–Trinajstić information content (AvgIpc) is 3.19. The van der Waals surface area contributed by atoms with Crippen molar-refractivity contribution in [3.8, 4) is 0 Å². The molecule has 102 valence electrons. The van der Waals surface area contributed by atoms with Gasteiger partial charge in [-0.2, -0.15) is 0 Å². The monoisotopic (exact) mass is 256 g/mol. The highest BCUT2D eigenvalue weighted by Gasteiger charge is 2.27. The second-order valence-electron chi connectivity index (χ2n) is 5.71. The molecule has 0 saturated heterocycles. The summed E-state index contributed by atoms with van der Waals surface area (Å²) in [6.07, 6.45) is 7.36. The van der Waals surface area contributed by atoms with Gasteiger partial charge < -0.3 is 9.88 Å². The minimum atomic E-state index is 0.802. The van der Waals surface area contributed by atoms with Crippen LogP contribution in [-0.2, 0) is 6.54 Å². The van der Waals surface area contributed by atoms with Crippen molar-refractivity contribution in [2.45, 2.75) is 52.0 Å². The van der Waals surface area contributed by atoms with Crippen molar-refractivity contribution in [3.63, 3.8) is 0 Å². The van der Waals surface area contributed by atoms with Crippen LogP contribution < -0.4 is 5.32 Å². The van der Waals surface area contributed by atoms with Crippen LogP contribution in [0.4, 0.5) is 5.69 Å². The van der Waals surface area contributed by atoms with Gasteiger partial charge in [-0.25, -0.2) is 0 Å². The van der Waals surface area contributed by atoms with Crippen molar-refractivity contribution in [3.05, 3.63) is 30.0 Å². The van der Waals surface area contributed by atoms with Crippen LogP contribution in [0.25, 0.3) is 10.9 Å². The highest BCUT2D eigenvalue weighted by Crippen LogP contribution is 2.44. The Hall–Kier alpha value is -1.44. The van der Waals surface area contributed by atoms with Gasteiger partial charge in [0.2, 0.25) is 0 Å². The number of aryl methyl sites for hydroxylation is 1. The van der Waals surface area contributed by atoms with Crippen LogP contribution in [0.15, 0.2) is 24.4 Å². The molecule has 0 radical (unpaired) electrons. The fourth-order valence-electron chi connectivity index (χ4n) is 2.89. The summed E-state index contributed by atoms with van der Waals surface area (Å²) >= 11 is 0. The van der Waals surface area contributed by atoms with E-state index in [-0.39, 0.29) is 0 Å². The third kappa shape index (κ3) is 2.49. The number of nitrogens with one attached hydrogen (secondary N) is 1. The van der Waals surface area contributed by atoms with E-state index >= 15 is 0 Å². The third-order valence-electron chi connectivity index (χ3n) is 3.95. The van der Waals surface area contributed by atoms with Gasteiger partial charge in [0.15, 0.2) is 0 Å². The molecule has 0 atom stereocenters. The Morgan fingerprint density at radius 3 is 2.74 bits per heavy atom. The molecule has 19 heavy (non-hydrogen) atoms. The lowest BCUT2D eigenvalue weighted by atomic mass is 10.1. The second-order valence-corrected chi connectivity index (χ2v) is 5.71. The van der Waals surface area contributed by atoms with Crippen molar-refractivity contribution in [2.75, 3.05) is 11.9 Å². The van der Waals surface area contributed by atoms with Crippen molar-refractivity contribution < 1.29 is 0 Å². The molecule has 1 heterocycles. The van der Waals surface area contributed by atoms with Gasteiger partial charge in [-0.3, -0.25) is 0 Å². The number of fused-ring (bicyclic) bond motifs is 1. The Kier molecular flexibility index (Phi) is 3.50. The second kappa shape index (κ2) is 5.28. The van der Waals surface area contributed by atoms with Crippen LogP contribution in [0.2, 0.25) is 0 Å². The molecular formula is C17H24N2. The van der Waals surface area contributed by atoms with Gasteiger partial charge in [-0.05, 0) is 55.4 Å². The van der Waals surface area contributed by atoms with Gasteiger partial charge in [0.1, 0.15) is 0 Å². The maximum absolute atomic E-state index is 3.54. The van der Waals surface area contributed by atoms with Gasteiger partial charge in [0, 0.05) is 30.4 Å². The minimum Gasteiger partial charge on any atom is -0.385 e. The SMILES string of the molecule is CCCNc1cc(C2CC2)c2c(ccn2CCC)c1. The fraction of sp³-hybridized carbons (Fsp3) is 0.529. The first-order chi connectivity index (χ1) is 9.33. The summed E-state index contributed by atoms with van der Waals surface area (Å²) in [6, 6.07) is 6.97. The summed E-state index contributed by atoms with van der Waals surface area (Å²) in [7, 11) is 0. The molecule has 1 aromatic carbocycles. The van der Waals surface area contributed by atoms with Crippen molar-refractivity contribution in [2.24, 2.45) is 0 Å². The number of benzene rings is 1. The maximum Gasteiger partial charge on any atom is 0.0517 e. The van der Waals surface area contributed by atoms with Gasteiger partial charge in [-0.1, -0.05) is 13.8 Å². The molecule has 0 amide bonds. The van der Waals surface area contributed by atoms with Crippen LogP contribution >= 0.6 is 0 Å². The largest absolute Gasteiger partial charge is 0.385 e. The topological polar surface area (TPSA) is 17.0 Å². The third-order valence-corrected chi connectivity index (χ3v) is 3.95. The minimum absolute atomic E-state index is 0.802. The van der Waals surface area contributed by atoms with E-state index in [0.29, 0.717) is 0 Å². The predicted molar refractivity (Wildman–Crippen MR) is 83.0 cm³/mol. The Morgan fingerprint density at radius 2 is 2.05 bits per heavy atom. The van der Waals surface area contributed by atoms with Crippen LogP contribution in [-0.4, -0.2) is 11.1 Å². The molecule has 0 spiro atoms. The lowest BCUT2D eigenvalue weighted by molar-refractivity contribution is 0.701. The number of rotatable bonds is 6. The lowest BCUT2D eigenvalue weighted by Gasteiger charge is -2.12. The quantitative estimate of drug-likeness (QED) is 0.789. The molecule has 0 unspecified atom stereocenters. The molecule has 2 aromatic rings. The molecule has 1 aliphatic rings. The number of anilines is 1. The molecule has 1 aliphatic carbocycles. The summed E-state index contributed by atoms with van der Waals surface area (Å²) in [4.78, 5) is 0. The first-order valence-electron chi connectivity index (χ1n) is 7.70. The summed E-state index contributed by atoms with van der Waals surface area (Å²) < 4.78 is 2.44. The number of hydrogen-bond donors (Lipinski definition) is 1. The Bertz CT molecular complexity index is 564. The summed E-state index contributed by atoms with van der Waals surface area (Å²) in [5.74, 6) is 0.802. The van der Waals surface area contributed by atoms with Crippen LogP contribution in [0.5, 0.6) is 0 Å². The van der Waals surface area contributed by atoms with Crippen molar-refractivity contribution in [1.29, 1.82) is 0 Å². The van der Waals surface area contributed by atoms with Gasteiger partial charge >= 0.3 is 0 Å². The molecule has 2 heteroatoms. The van der Waals surface area contributed by atoms with E-state index < -0.39 is 0 Å². The van der Waals surface area contributed by atoms with Gasteiger partial charge in [-0.15, -0.1) is 0 Å². The number of nitrogens with zero attached hydrogens (tertiary/aromatic N) is 1. The molecule has 2 nitrogen and oxygen atoms in total. The van der Waals surface area contributed by atoms with E-state index in [1.165, 1.54) is 42.3 Å². The fourth-order valence-corrected chi connectivity index (χ4v) is 2.89. The summed E-state index contributed by atoms with van der Waals surface area (Å²) in [6.45, 7) is 6.65. The van der Waals surface area contributed by atoms with E-state index in [4.69, 9.17) is 0 Å². The molecule has 1 aromatic heterocycles. The average molecular weight is 256 g/mol. The Balaban J connectivity index is 2.04. The van der Waals surface area contributed by atoms with Crippen LogP contribution in [0.1, 0.15) is 51.0 Å². The van der Waals surface area contributed by atoms with E-state index in [1.54, 1.807) is 5.56 Å². The van der Waals surface area contributed by atoms with Crippen molar-refractivity contribution in [1.82, 2.24) is 4.57 Å².